The fraction of sp³-hybridized carbons (Fsp3) is 0.333. The molecule has 1 amide bonds. The molecule has 6 heteroatoms. The molecule has 0 unspecified atom stereocenters. The van der Waals surface area contributed by atoms with Gasteiger partial charge in [0.25, 0.3) is 0 Å². The van der Waals surface area contributed by atoms with Gasteiger partial charge in [0.15, 0.2) is 5.82 Å². The van der Waals surface area contributed by atoms with Gasteiger partial charge in [-0.1, -0.05) is 42.5 Å². The van der Waals surface area contributed by atoms with E-state index in [1.54, 1.807) is 0 Å². The number of para-hydroxylation sites is 1. The lowest BCUT2D eigenvalue weighted by Crippen LogP contribution is -2.41. The van der Waals surface area contributed by atoms with Crippen LogP contribution in [-0.2, 0) is 11.3 Å². The fourth-order valence-corrected chi connectivity index (χ4v) is 5.31. The lowest BCUT2D eigenvalue weighted by atomic mass is 9.95. The van der Waals surface area contributed by atoms with E-state index in [1.807, 2.05) is 30.3 Å². The molecule has 0 spiro atoms. The summed E-state index contributed by atoms with van der Waals surface area (Å²) in [5.41, 5.74) is 7.93. The van der Waals surface area contributed by atoms with Crippen LogP contribution in [0.3, 0.4) is 0 Å². The zero-order valence-corrected chi connectivity index (χ0v) is 21.7. The van der Waals surface area contributed by atoms with E-state index in [9.17, 15) is 4.79 Å². The molecule has 1 aliphatic heterocycles. The minimum Gasteiger partial charge on any atom is -0.355 e. The molecule has 1 saturated heterocycles. The summed E-state index contributed by atoms with van der Waals surface area (Å²) in [4.78, 5) is 15.4. The highest BCUT2D eigenvalue weighted by atomic mass is 16.1. The number of anilines is 1. The molecule has 2 aromatic heterocycles. The topological polar surface area (TPSA) is 55.1 Å². The Morgan fingerprint density at radius 1 is 0.889 bits per heavy atom. The highest BCUT2D eigenvalue weighted by molar-refractivity contribution is 5.79. The van der Waals surface area contributed by atoms with Crippen LogP contribution in [0.4, 0.5) is 5.82 Å². The minimum absolute atomic E-state index is 0.0259. The van der Waals surface area contributed by atoms with E-state index >= 15 is 0 Å². The summed E-state index contributed by atoms with van der Waals surface area (Å²) < 4.78 is 4.38. The van der Waals surface area contributed by atoms with Crippen LogP contribution in [0, 0.1) is 33.6 Å². The maximum Gasteiger partial charge on any atom is 0.223 e. The van der Waals surface area contributed by atoms with Crippen LogP contribution in [0.1, 0.15) is 41.1 Å². The number of benzene rings is 2. The van der Waals surface area contributed by atoms with Crippen molar-refractivity contribution >= 4 is 11.7 Å². The average molecular weight is 482 g/mol. The van der Waals surface area contributed by atoms with E-state index in [-0.39, 0.29) is 11.8 Å². The molecule has 1 aliphatic rings. The van der Waals surface area contributed by atoms with E-state index < -0.39 is 0 Å². The lowest BCUT2D eigenvalue weighted by molar-refractivity contribution is -0.125. The van der Waals surface area contributed by atoms with Crippen molar-refractivity contribution in [2.45, 2.75) is 47.1 Å². The summed E-state index contributed by atoms with van der Waals surface area (Å²) >= 11 is 0. The Bertz CT molecular complexity index is 1340. The second kappa shape index (κ2) is 10.1. The molecular weight excluding hydrogens is 446 g/mol. The monoisotopic (exact) mass is 481 g/mol. The quantitative estimate of drug-likeness (QED) is 0.400. The third kappa shape index (κ3) is 4.55. The summed E-state index contributed by atoms with van der Waals surface area (Å²) in [7, 11) is 0. The number of aromatic nitrogens is 3. The number of piperidine rings is 1. The third-order valence-corrected chi connectivity index (χ3v) is 7.38. The number of amides is 1. The van der Waals surface area contributed by atoms with Gasteiger partial charge in [-0.2, -0.15) is 5.10 Å². The third-order valence-electron chi connectivity index (χ3n) is 7.38. The maximum atomic E-state index is 13.0. The van der Waals surface area contributed by atoms with Gasteiger partial charge in [0, 0.05) is 36.9 Å². The van der Waals surface area contributed by atoms with Gasteiger partial charge in [-0.05, 0) is 75.9 Å². The number of nitrogens with zero attached hydrogens (tertiary/aromatic N) is 4. The molecule has 1 fully saturated rings. The van der Waals surface area contributed by atoms with Crippen molar-refractivity contribution in [2.75, 3.05) is 18.0 Å². The number of carbonyl (C=O) groups excluding carboxylic acids is 1. The summed E-state index contributed by atoms with van der Waals surface area (Å²) in [6, 6.07) is 22.9. The van der Waals surface area contributed by atoms with Gasteiger partial charge < -0.3 is 14.8 Å². The standard InChI is InChI=1S/C30H35N5O/c1-21-10-8-9-11-26(21)20-31-29(36)25-16-18-33(19-17-25)30-28(34-22(2)14-15-23(34)3)24(4)32-35(30)27-12-6-5-7-13-27/h5-15,25H,16-20H2,1-4H3,(H,31,36). The molecule has 5 rings (SSSR count). The minimum atomic E-state index is 0.0259. The van der Waals surface area contributed by atoms with E-state index in [4.69, 9.17) is 5.10 Å². The second-order valence-electron chi connectivity index (χ2n) is 9.86. The van der Waals surface area contributed by atoms with Crippen LogP contribution in [0.15, 0.2) is 66.7 Å². The Morgan fingerprint density at radius 2 is 1.53 bits per heavy atom. The van der Waals surface area contributed by atoms with Crippen molar-refractivity contribution in [1.82, 2.24) is 19.7 Å². The van der Waals surface area contributed by atoms with Gasteiger partial charge in [0.2, 0.25) is 5.91 Å². The van der Waals surface area contributed by atoms with Crippen molar-refractivity contribution in [1.29, 1.82) is 0 Å². The number of hydrogen-bond acceptors (Lipinski definition) is 3. The van der Waals surface area contributed by atoms with Crippen molar-refractivity contribution in [3.63, 3.8) is 0 Å². The van der Waals surface area contributed by atoms with Gasteiger partial charge in [-0.3, -0.25) is 4.79 Å². The smallest absolute Gasteiger partial charge is 0.223 e. The normalized spacial score (nSPS) is 14.3. The number of nitrogens with one attached hydrogen (secondary N) is 1. The molecule has 0 radical (unpaired) electrons. The first-order valence-electron chi connectivity index (χ1n) is 12.8. The lowest BCUT2D eigenvalue weighted by Gasteiger charge is -2.34. The first-order valence-corrected chi connectivity index (χ1v) is 12.8. The van der Waals surface area contributed by atoms with Gasteiger partial charge in [0.05, 0.1) is 11.4 Å². The Balaban J connectivity index is 1.39. The molecule has 3 heterocycles. The Kier molecular flexibility index (Phi) is 6.68. The van der Waals surface area contributed by atoms with Crippen LogP contribution in [0.2, 0.25) is 0 Å². The molecule has 0 aliphatic carbocycles. The fourth-order valence-electron chi connectivity index (χ4n) is 5.31. The molecule has 0 bridgehead atoms. The maximum absolute atomic E-state index is 13.0. The summed E-state index contributed by atoms with van der Waals surface area (Å²) in [5.74, 6) is 1.28. The van der Waals surface area contributed by atoms with E-state index in [1.165, 1.54) is 22.5 Å². The zero-order valence-electron chi connectivity index (χ0n) is 21.7. The van der Waals surface area contributed by atoms with Crippen LogP contribution < -0.4 is 10.2 Å². The number of rotatable bonds is 6. The number of carbonyl (C=O) groups is 1. The van der Waals surface area contributed by atoms with Gasteiger partial charge in [0.1, 0.15) is 5.69 Å². The molecule has 186 valence electrons. The molecule has 36 heavy (non-hydrogen) atoms. The number of hydrogen-bond donors (Lipinski definition) is 1. The van der Waals surface area contributed by atoms with Crippen molar-refractivity contribution in [3.8, 4) is 11.4 Å². The molecule has 4 aromatic rings. The zero-order chi connectivity index (χ0) is 25.2. The van der Waals surface area contributed by atoms with E-state index in [2.05, 4.69) is 83.6 Å². The Labute approximate surface area is 213 Å². The summed E-state index contributed by atoms with van der Waals surface area (Å²) in [6.07, 6.45) is 1.64. The van der Waals surface area contributed by atoms with Gasteiger partial charge >= 0.3 is 0 Å². The van der Waals surface area contributed by atoms with Crippen LogP contribution in [0.25, 0.3) is 11.4 Å². The predicted molar refractivity (Wildman–Crippen MR) is 145 cm³/mol. The molecule has 2 aromatic carbocycles. The van der Waals surface area contributed by atoms with Crippen LogP contribution in [-0.4, -0.2) is 33.3 Å². The summed E-state index contributed by atoms with van der Waals surface area (Å²) in [6.45, 7) is 10.7. The number of aryl methyl sites for hydroxylation is 4. The largest absolute Gasteiger partial charge is 0.355 e. The SMILES string of the molecule is Cc1ccccc1CNC(=O)C1CCN(c2c(-n3c(C)ccc3C)c(C)nn2-c2ccccc2)CC1. The van der Waals surface area contributed by atoms with Crippen molar-refractivity contribution in [3.05, 3.63) is 94.9 Å². The molecule has 0 atom stereocenters. The molecule has 1 N–H and O–H groups in total. The van der Waals surface area contributed by atoms with E-state index in [0.29, 0.717) is 6.54 Å². The molecule has 0 saturated carbocycles. The van der Waals surface area contributed by atoms with Crippen molar-refractivity contribution in [2.24, 2.45) is 5.92 Å². The first-order chi connectivity index (χ1) is 17.4. The molecular formula is C30H35N5O. The van der Waals surface area contributed by atoms with Crippen LogP contribution >= 0.6 is 0 Å². The highest BCUT2D eigenvalue weighted by Gasteiger charge is 2.30. The molecule has 6 nitrogen and oxygen atoms in total. The van der Waals surface area contributed by atoms with Gasteiger partial charge in [-0.15, -0.1) is 0 Å². The Hall–Kier alpha value is -3.80. The van der Waals surface area contributed by atoms with Crippen LogP contribution in [0.5, 0.6) is 0 Å². The Morgan fingerprint density at radius 3 is 2.19 bits per heavy atom. The van der Waals surface area contributed by atoms with Gasteiger partial charge in [-0.25, -0.2) is 4.68 Å². The predicted octanol–water partition coefficient (Wildman–Crippen LogP) is 5.43. The highest BCUT2D eigenvalue weighted by Crippen LogP contribution is 2.35. The van der Waals surface area contributed by atoms with Crippen molar-refractivity contribution < 1.29 is 4.79 Å². The van der Waals surface area contributed by atoms with E-state index in [0.717, 1.165) is 48.8 Å². The first kappa shape index (κ1) is 23.9. The summed E-state index contributed by atoms with van der Waals surface area (Å²) in [5, 5.41) is 8.17. The second-order valence-corrected chi connectivity index (χ2v) is 9.86. The average Bonchev–Trinajstić information content (AvgIpc) is 3.41.